The van der Waals surface area contributed by atoms with E-state index in [1.54, 1.807) is 19.2 Å². The summed E-state index contributed by atoms with van der Waals surface area (Å²) in [6.07, 6.45) is 1.70. The SMILES string of the molecule is CCCCN(C)S(=O)(=O)c1ccc(NCC(=O)Nc2ccc(Cl)cc2F)cc1. The molecular weight excluding hydrogens is 405 g/mol. The second-order valence-electron chi connectivity index (χ2n) is 6.23. The van der Waals surface area contributed by atoms with Crippen LogP contribution in [0.4, 0.5) is 15.8 Å². The summed E-state index contributed by atoms with van der Waals surface area (Å²) in [6.45, 7) is 2.35. The predicted molar refractivity (Wildman–Crippen MR) is 110 cm³/mol. The average Bonchev–Trinajstić information content (AvgIpc) is 2.67. The van der Waals surface area contributed by atoms with E-state index in [1.807, 2.05) is 6.92 Å². The lowest BCUT2D eigenvalue weighted by Crippen LogP contribution is -2.28. The lowest BCUT2D eigenvalue weighted by molar-refractivity contribution is -0.114. The molecule has 0 radical (unpaired) electrons. The average molecular weight is 428 g/mol. The highest BCUT2D eigenvalue weighted by Gasteiger charge is 2.19. The minimum absolute atomic E-state index is 0.0350. The summed E-state index contributed by atoms with van der Waals surface area (Å²) in [5.74, 6) is -1.07. The molecule has 0 aliphatic rings. The van der Waals surface area contributed by atoms with Crippen LogP contribution in [0.2, 0.25) is 5.02 Å². The van der Waals surface area contributed by atoms with Crippen molar-refractivity contribution in [1.29, 1.82) is 0 Å². The molecule has 1 amide bonds. The van der Waals surface area contributed by atoms with Crippen LogP contribution in [-0.2, 0) is 14.8 Å². The van der Waals surface area contributed by atoms with Crippen LogP contribution in [0.5, 0.6) is 0 Å². The van der Waals surface area contributed by atoms with Crippen molar-refractivity contribution in [2.75, 3.05) is 30.8 Å². The topological polar surface area (TPSA) is 78.5 Å². The maximum atomic E-state index is 13.7. The van der Waals surface area contributed by atoms with Gasteiger partial charge in [-0.1, -0.05) is 24.9 Å². The first-order valence-corrected chi connectivity index (χ1v) is 10.6. The third-order valence-corrected chi connectivity index (χ3v) is 6.15. The molecule has 152 valence electrons. The number of carbonyl (C=O) groups is 1. The van der Waals surface area contributed by atoms with Crippen LogP contribution in [0, 0.1) is 5.82 Å². The monoisotopic (exact) mass is 427 g/mol. The molecule has 0 unspecified atom stereocenters. The Labute approximate surface area is 169 Å². The zero-order chi connectivity index (χ0) is 20.7. The number of rotatable bonds is 9. The minimum Gasteiger partial charge on any atom is -0.376 e. The van der Waals surface area contributed by atoms with Gasteiger partial charge in [0, 0.05) is 24.3 Å². The number of nitrogens with one attached hydrogen (secondary N) is 2. The van der Waals surface area contributed by atoms with E-state index in [4.69, 9.17) is 11.6 Å². The Morgan fingerprint density at radius 3 is 2.46 bits per heavy atom. The fraction of sp³-hybridized carbons (Fsp3) is 0.316. The van der Waals surface area contributed by atoms with Gasteiger partial charge in [0.15, 0.2) is 0 Å². The Hall–Kier alpha value is -2.16. The van der Waals surface area contributed by atoms with Crippen LogP contribution < -0.4 is 10.6 Å². The largest absolute Gasteiger partial charge is 0.376 e. The Morgan fingerprint density at radius 1 is 1.18 bits per heavy atom. The van der Waals surface area contributed by atoms with Crippen molar-refractivity contribution >= 4 is 38.9 Å². The van der Waals surface area contributed by atoms with E-state index in [1.165, 1.54) is 28.6 Å². The van der Waals surface area contributed by atoms with E-state index in [9.17, 15) is 17.6 Å². The molecule has 0 saturated heterocycles. The quantitative estimate of drug-likeness (QED) is 0.635. The highest BCUT2D eigenvalue weighted by Crippen LogP contribution is 2.20. The van der Waals surface area contributed by atoms with Gasteiger partial charge in [-0.2, -0.15) is 0 Å². The maximum absolute atomic E-state index is 13.7. The number of amides is 1. The van der Waals surface area contributed by atoms with Crippen molar-refractivity contribution in [3.63, 3.8) is 0 Å². The second-order valence-corrected chi connectivity index (χ2v) is 8.71. The summed E-state index contributed by atoms with van der Waals surface area (Å²) in [4.78, 5) is 12.1. The lowest BCUT2D eigenvalue weighted by atomic mass is 10.3. The minimum atomic E-state index is -3.53. The van der Waals surface area contributed by atoms with Crippen molar-refractivity contribution in [2.24, 2.45) is 0 Å². The Morgan fingerprint density at radius 2 is 1.86 bits per heavy atom. The third kappa shape index (κ3) is 5.92. The molecule has 0 aliphatic carbocycles. The molecule has 0 saturated carbocycles. The molecule has 0 aromatic heterocycles. The van der Waals surface area contributed by atoms with E-state index in [0.717, 1.165) is 18.9 Å². The van der Waals surface area contributed by atoms with Crippen LogP contribution in [0.1, 0.15) is 19.8 Å². The van der Waals surface area contributed by atoms with Gasteiger partial charge in [-0.3, -0.25) is 4.79 Å². The number of nitrogens with zero attached hydrogens (tertiary/aromatic N) is 1. The van der Waals surface area contributed by atoms with Crippen molar-refractivity contribution in [3.05, 3.63) is 53.3 Å². The fourth-order valence-electron chi connectivity index (χ4n) is 2.39. The van der Waals surface area contributed by atoms with E-state index in [0.29, 0.717) is 12.2 Å². The molecular formula is C19H23ClFN3O3S. The lowest BCUT2D eigenvalue weighted by Gasteiger charge is -2.17. The summed E-state index contributed by atoms with van der Waals surface area (Å²) in [5, 5.41) is 5.55. The molecule has 9 heteroatoms. The Balaban J connectivity index is 1.94. The summed E-state index contributed by atoms with van der Waals surface area (Å²) < 4.78 is 40.0. The highest BCUT2D eigenvalue weighted by atomic mass is 35.5. The predicted octanol–water partition coefficient (Wildman–Crippen LogP) is 3.95. The molecule has 0 spiro atoms. The van der Waals surface area contributed by atoms with E-state index < -0.39 is 21.7 Å². The van der Waals surface area contributed by atoms with Gasteiger partial charge in [-0.15, -0.1) is 0 Å². The zero-order valence-electron chi connectivity index (χ0n) is 15.7. The number of carbonyl (C=O) groups excluding carboxylic acids is 1. The zero-order valence-corrected chi connectivity index (χ0v) is 17.3. The van der Waals surface area contributed by atoms with Crippen molar-refractivity contribution in [1.82, 2.24) is 4.31 Å². The smallest absolute Gasteiger partial charge is 0.243 e. The molecule has 0 bridgehead atoms. The van der Waals surface area contributed by atoms with Gasteiger partial charge in [-0.25, -0.2) is 17.1 Å². The van der Waals surface area contributed by atoms with Gasteiger partial charge >= 0.3 is 0 Å². The molecule has 0 aliphatic heterocycles. The summed E-state index contributed by atoms with van der Waals surface area (Å²) in [5.41, 5.74) is 0.606. The first kappa shape index (κ1) is 22.1. The highest BCUT2D eigenvalue weighted by molar-refractivity contribution is 7.89. The number of hydrogen-bond donors (Lipinski definition) is 2. The Kier molecular flexibility index (Phi) is 7.79. The first-order valence-electron chi connectivity index (χ1n) is 8.79. The molecule has 2 aromatic rings. The van der Waals surface area contributed by atoms with Crippen LogP contribution in [0.3, 0.4) is 0 Å². The number of hydrogen-bond acceptors (Lipinski definition) is 4. The number of benzene rings is 2. The van der Waals surface area contributed by atoms with E-state index >= 15 is 0 Å². The second kappa shape index (κ2) is 9.86. The van der Waals surface area contributed by atoms with Crippen LogP contribution >= 0.6 is 11.6 Å². The van der Waals surface area contributed by atoms with Crippen LogP contribution in [0.25, 0.3) is 0 Å². The number of sulfonamides is 1. The van der Waals surface area contributed by atoms with Crippen LogP contribution in [-0.4, -0.2) is 38.8 Å². The van der Waals surface area contributed by atoms with Gasteiger partial charge in [-0.05, 0) is 48.9 Å². The first-order chi connectivity index (χ1) is 13.2. The van der Waals surface area contributed by atoms with Crippen LogP contribution in [0.15, 0.2) is 47.4 Å². The summed E-state index contributed by atoms with van der Waals surface area (Å²) >= 11 is 5.67. The standard InChI is InChI=1S/C19H23ClFN3O3S/c1-3-4-11-24(2)28(26,27)16-8-6-15(7-9-16)22-13-19(25)23-18-10-5-14(20)12-17(18)21/h5-10,12,22H,3-4,11,13H2,1-2H3,(H,23,25). The van der Waals surface area contributed by atoms with Crippen molar-refractivity contribution < 1.29 is 17.6 Å². The van der Waals surface area contributed by atoms with E-state index in [2.05, 4.69) is 10.6 Å². The number of halogens is 2. The molecule has 28 heavy (non-hydrogen) atoms. The Bertz CT molecular complexity index is 921. The van der Waals surface area contributed by atoms with Gasteiger partial charge in [0.2, 0.25) is 15.9 Å². The summed E-state index contributed by atoms with van der Waals surface area (Å²) in [7, 11) is -1.98. The molecule has 2 rings (SSSR count). The molecule has 2 aromatic carbocycles. The summed E-state index contributed by atoms with van der Waals surface area (Å²) in [6, 6.07) is 10.1. The number of anilines is 2. The molecule has 2 N–H and O–H groups in total. The number of unbranched alkanes of at least 4 members (excludes halogenated alkanes) is 1. The normalized spacial score (nSPS) is 11.5. The van der Waals surface area contributed by atoms with Gasteiger partial charge < -0.3 is 10.6 Å². The maximum Gasteiger partial charge on any atom is 0.243 e. The van der Waals surface area contributed by atoms with Gasteiger partial charge in [0.1, 0.15) is 5.82 Å². The van der Waals surface area contributed by atoms with Crippen molar-refractivity contribution in [3.8, 4) is 0 Å². The molecule has 6 nitrogen and oxygen atoms in total. The van der Waals surface area contributed by atoms with Crippen molar-refractivity contribution in [2.45, 2.75) is 24.7 Å². The van der Waals surface area contributed by atoms with Gasteiger partial charge in [0.05, 0.1) is 17.1 Å². The molecule has 0 atom stereocenters. The molecule has 0 heterocycles. The fourth-order valence-corrected chi connectivity index (χ4v) is 3.76. The third-order valence-electron chi connectivity index (χ3n) is 4.05. The molecule has 0 fully saturated rings. The van der Waals surface area contributed by atoms with E-state index in [-0.39, 0.29) is 22.2 Å². The van der Waals surface area contributed by atoms with Gasteiger partial charge in [0.25, 0.3) is 0 Å².